The molecule has 0 saturated heterocycles. The van der Waals surface area contributed by atoms with Crippen molar-refractivity contribution >= 4 is 23.2 Å². The van der Waals surface area contributed by atoms with Crippen LogP contribution >= 0.6 is 23.2 Å². The summed E-state index contributed by atoms with van der Waals surface area (Å²) in [4.78, 5) is 0. The average Bonchev–Trinajstić information content (AvgIpc) is 2.09. The number of hydrogen-bond donors (Lipinski definition) is 1. The molecule has 0 aliphatic rings. The second-order valence-electron chi connectivity index (χ2n) is 3.56. The van der Waals surface area contributed by atoms with E-state index in [2.05, 4.69) is 0 Å². The van der Waals surface area contributed by atoms with E-state index < -0.39 is 5.82 Å². The van der Waals surface area contributed by atoms with Gasteiger partial charge in [-0.2, -0.15) is 0 Å². The Morgan fingerprint density at radius 1 is 1.29 bits per heavy atom. The van der Waals surface area contributed by atoms with E-state index in [-0.39, 0.29) is 17.0 Å². The number of hydrogen-bond acceptors (Lipinski definition) is 1. The summed E-state index contributed by atoms with van der Waals surface area (Å²) in [7, 11) is 0. The lowest BCUT2D eigenvalue weighted by atomic mass is 9.97. The third kappa shape index (κ3) is 2.38. The van der Waals surface area contributed by atoms with Gasteiger partial charge in [0.1, 0.15) is 5.82 Å². The topological polar surface area (TPSA) is 26.0 Å². The molecule has 14 heavy (non-hydrogen) atoms. The molecule has 0 bridgehead atoms. The largest absolute Gasteiger partial charge is 0.324 e. The molecule has 2 N–H and O–H groups in total. The molecule has 1 aromatic rings. The molecule has 1 rings (SSSR count). The molecular formula is C10H12Cl2FN. The van der Waals surface area contributed by atoms with Crippen molar-refractivity contribution in [3.63, 3.8) is 0 Å². The second kappa shape index (κ2) is 4.47. The molecule has 0 aliphatic heterocycles. The van der Waals surface area contributed by atoms with Gasteiger partial charge in [0.15, 0.2) is 0 Å². The lowest BCUT2D eigenvalue weighted by Crippen LogP contribution is -2.17. The first-order valence-corrected chi connectivity index (χ1v) is 5.09. The summed E-state index contributed by atoms with van der Waals surface area (Å²) in [5.41, 5.74) is 6.43. The third-order valence-corrected chi connectivity index (χ3v) is 2.72. The van der Waals surface area contributed by atoms with Crippen molar-refractivity contribution in [2.45, 2.75) is 19.9 Å². The van der Waals surface area contributed by atoms with Gasteiger partial charge in [-0.3, -0.25) is 0 Å². The Hall–Kier alpha value is -0.310. The van der Waals surface area contributed by atoms with Gasteiger partial charge in [0.2, 0.25) is 0 Å². The third-order valence-electron chi connectivity index (χ3n) is 2.10. The highest BCUT2D eigenvalue weighted by molar-refractivity contribution is 6.33. The highest BCUT2D eigenvalue weighted by Gasteiger charge is 2.17. The van der Waals surface area contributed by atoms with E-state index in [1.54, 1.807) is 6.07 Å². The molecule has 1 nitrogen and oxygen atoms in total. The quantitative estimate of drug-likeness (QED) is 0.776. The molecule has 0 spiro atoms. The standard InChI is InChI=1S/C10H12Cl2FN/c1-5(2)10(14)7-3-6(11)4-8(13)9(7)12/h3-5,10H,14H2,1-2H3. The number of rotatable bonds is 2. The zero-order chi connectivity index (χ0) is 10.9. The maximum atomic E-state index is 13.2. The van der Waals surface area contributed by atoms with Crippen LogP contribution in [0.1, 0.15) is 25.5 Å². The Balaban J connectivity index is 3.20. The molecular weight excluding hydrogens is 224 g/mol. The molecule has 0 aromatic heterocycles. The van der Waals surface area contributed by atoms with Crippen LogP contribution in [0.25, 0.3) is 0 Å². The molecule has 0 radical (unpaired) electrons. The van der Waals surface area contributed by atoms with Crippen LogP contribution in [0, 0.1) is 11.7 Å². The Kier molecular flexibility index (Phi) is 3.76. The fraction of sp³-hybridized carbons (Fsp3) is 0.400. The van der Waals surface area contributed by atoms with Gasteiger partial charge in [-0.25, -0.2) is 4.39 Å². The van der Waals surface area contributed by atoms with Gasteiger partial charge in [-0.05, 0) is 23.6 Å². The van der Waals surface area contributed by atoms with Gasteiger partial charge < -0.3 is 5.73 Å². The number of benzene rings is 1. The summed E-state index contributed by atoms with van der Waals surface area (Å²) in [5.74, 6) is -0.337. The predicted octanol–water partition coefficient (Wildman–Crippen LogP) is 3.79. The molecule has 1 aromatic carbocycles. The van der Waals surface area contributed by atoms with Gasteiger partial charge in [0.25, 0.3) is 0 Å². The van der Waals surface area contributed by atoms with Gasteiger partial charge in [0.05, 0.1) is 5.02 Å². The van der Waals surface area contributed by atoms with Crippen molar-refractivity contribution in [2.75, 3.05) is 0 Å². The van der Waals surface area contributed by atoms with E-state index in [1.165, 1.54) is 6.07 Å². The fourth-order valence-electron chi connectivity index (χ4n) is 1.18. The molecule has 0 heterocycles. The minimum Gasteiger partial charge on any atom is -0.324 e. The summed E-state index contributed by atoms with van der Waals surface area (Å²) >= 11 is 11.5. The lowest BCUT2D eigenvalue weighted by Gasteiger charge is -2.17. The smallest absolute Gasteiger partial charge is 0.143 e. The summed E-state index contributed by atoms with van der Waals surface area (Å²) in [6.45, 7) is 3.89. The van der Waals surface area contributed by atoms with Crippen molar-refractivity contribution < 1.29 is 4.39 Å². The van der Waals surface area contributed by atoms with E-state index in [0.717, 1.165) is 0 Å². The first-order valence-electron chi connectivity index (χ1n) is 4.33. The van der Waals surface area contributed by atoms with Crippen molar-refractivity contribution in [2.24, 2.45) is 11.7 Å². The summed E-state index contributed by atoms with van der Waals surface area (Å²) in [6, 6.07) is 2.49. The van der Waals surface area contributed by atoms with Crippen LogP contribution in [0.15, 0.2) is 12.1 Å². The van der Waals surface area contributed by atoms with Crippen molar-refractivity contribution in [1.82, 2.24) is 0 Å². The average molecular weight is 236 g/mol. The molecule has 1 atom stereocenters. The Labute approximate surface area is 93.0 Å². The normalized spacial score (nSPS) is 13.4. The number of nitrogens with two attached hydrogens (primary N) is 1. The van der Waals surface area contributed by atoms with Crippen LogP contribution in [0.3, 0.4) is 0 Å². The summed E-state index contributed by atoms with van der Waals surface area (Å²) in [5, 5.41) is 0.383. The first-order chi connectivity index (χ1) is 6.43. The molecule has 0 amide bonds. The molecule has 0 aliphatic carbocycles. The maximum Gasteiger partial charge on any atom is 0.143 e. The SMILES string of the molecule is CC(C)C(N)c1cc(Cl)cc(F)c1Cl. The van der Waals surface area contributed by atoms with Gasteiger partial charge in [-0.15, -0.1) is 0 Å². The zero-order valence-corrected chi connectivity index (χ0v) is 9.53. The molecule has 1 unspecified atom stereocenters. The molecule has 0 saturated carbocycles. The zero-order valence-electron chi connectivity index (χ0n) is 8.02. The molecule has 0 fully saturated rings. The van der Waals surface area contributed by atoms with Crippen molar-refractivity contribution in [3.05, 3.63) is 33.6 Å². The van der Waals surface area contributed by atoms with Crippen LogP contribution in [-0.4, -0.2) is 0 Å². The van der Waals surface area contributed by atoms with E-state index in [1.807, 2.05) is 13.8 Å². The Morgan fingerprint density at radius 2 is 1.86 bits per heavy atom. The van der Waals surface area contributed by atoms with Crippen LogP contribution < -0.4 is 5.73 Å². The summed E-state index contributed by atoms with van der Waals surface area (Å²) < 4.78 is 13.2. The van der Waals surface area contributed by atoms with Crippen LogP contribution in [0.2, 0.25) is 10.0 Å². The Bertz CT molecular complexity index is 339. The highest BCUT2D eigenvalue weighted by atomic mass is 35.5. The van der Waals surface area contributed by atoms with Gasteiger partial charge in [-0.1, -0.05) is 37.0 Å². The number of halogens is 3. The molecule has 4 heteroatoms. The molecule has 78 valence electrons. The first kappa shape index (κ1) is 11.8. The van der Waals surface area contributed by atoms with Crippen LogP contribution in [-0.2, 0) is 0 Å². The van der Waals surface area contributed by atoms with Crippen molar-refractivity contribution in [3.8, 4) is 0 Å². The second-order valence-corrected chi connectivity index (χ2v) is 4.38. The van der Waals surface area contributed by atoms with Gasteiger partial charge >= 0.3 is 0 Å². The Morgan fingerprint density at radius 3 is 2.36 bits per heavy atom. The summed E-state index contributed by atoms with van der Waals surface area (Å²) in [6.07, 6.45) is 0. The van der Waals surface area contributed by atoms with E-state index in [0.29, 0.717) is 10.6 Å². The highest BCUT2D eigenvalue weighted by Crippen LogP contribution is 2.31. The van der Waals surface area contributed by atoms with Crippen LogP contribution in [0.5, 0.6) is 0 Å². The minimum absolute atomic E-state index is 0.0654. The monoisotopic (exact) mass is 235 g/mol. The van der Waals surface area contributed by atoms with E-state index in [4.69, 9.17) is 28.9 Å². The predicted molar refractivity (Wildman–Crippen MR) is 58.2 cm³/mol. The maximum absolute atomic E-state index is 13.2. The van der Waals surface area contributed by atoms with E-state index in [9.17, 15) is 4.39 Å². The van der Waals surface area contributed by atoms with Gasteiger partial charge in [0, 0.05) is 11.1 Å². The minimum atomic E-state index is -0.523. The van der Waals surface area contributed by atoms with E-state index >= 15 is 0 Å². The van der Waals surface area contributed by atoms with Crippen molar-refractivity contribution in [1.29, 1.82) is 0 Å². The lowest BCUT2D eigenvalue weighted by molar-refractivity contribution is 0.510. The fourth-order valence-corrected chi connectivity index (χ4v) is 1.63. The van der Waals surface area contributed by atoms with Crippen LogP contribution in [0.4, 0.5) is 4.39 Å².